The van der Waals surface area contributed by atoms with E-state index in [0.29, 0.717) is 6.04 Å². The zero-order chi connectivity index (χ0) is 8.27. The van der Waals surface area contributed by atoms with Gasteiger partial charge in [0.05, 0.1) is 0 Å². The zero-order valence-electron chi connectivity index (χ0n) is 6.71. The van der Waals surface area contributed by atoms with E-state index in [2.05, 4.69) is 12.2 Å². The smallest absolute Gasteiger partial charge is 0.236 e. The van der Waals surface area contributed by atoms with Gasteiger partial charge in [-0.1, -0.05) is 0 Å². The van der Waals surface area contributed by atoms with Gasteiger partial charge >= 0.3 is 0 Å². The molecule has 63 valence electrons. The van der Waals surface area contributed by atoms with Crippen molar-refractivity contribution < 1.29 is 4.79 Å². The predicted molar refractivity (Wildman–Crippen MR) is 42.5 cm³/mol. The summed E-state index contributed by atoms with van der Waals surface area (Å²) in [5.41, 5.74) is 5.03. The summed E-state index contributed by atoms with van der Waals surface area (Å²) in [4.78, 5) is 12.5. The van der Waals surface area contributed by atoms with Crippen LogP contribution in [0.1, 0.15) is 6.92 Å². The van der Waals surface area contributed by atoms with Crippen LogP contribution in [0.3, 0.4) is 0 Å². The third-order valence-electron chi connectivity index (χ3n) is 1.85. The molecule has 1 saturated heterocycles. The second-order valence-electron chi connectivity index (χ2n) is 2.82. The van der Waals surface area contributed by atoms with Crippen LogP contribution in [0.5, 0.6) is 0 Å². The number of carbonyl (C=O) groups is 1. The summed E-state index contributed by atoms with van der Waals surface area (Å²) in [6.45, 7) is 6.25. The Morgan fingerprint density at radius 2 is 2.55 bits per heavy atom. The normalized spacial score (nSPS) is 26.8. The number of rotatable bonds is 2. The van der Waals surface area contributed by atoms with Crippen molar-refractivity contribution in [2.75, 3.05) is 19.6 Å². The maximum absolute atomic E-state index is 10.5. The molecule has 0 saturated carbocycles. The summed E-state index contributed by atoms with van der Waals surface area (Å²) in [6, 6.07) is 0.372. The first kappa shape index (κ1) is 8.49. The Labute approximate surface area is 66.7 Å². The van der Waals surface area contributed by atoms with Gasteiger partial charge in [0.15, 0.2) is 0 Å². The molecule has 11 heavy (non-hydrogen) atoms. The molecule has 1 radical (unpaired) electrons. The topological polar surface area (TPSA) is 58.4 Å². The third kappa shape index (κ3) is 2.48. The lowest BCUT2D eigenvalue weighted by Crippen LogP contribution is -2.49. The highest BCUT2D eigenvalue weighted by Crippen LogP contribution is 2.03. The minimum atomic E-state index is -0.362. The van der Waals surface area contributed by atoms with Gasteiger partial charge in [-0.15, -0.1) is 0 Å². The highest BCUT2D eigenvalue weighted by Gasteiger charge is 2.18. The van der Waals surface area contributed by atoms with Crippen LogP contribution in [0.4, 0.5) is 0 Å². The molecule has 0 aromatic rings. The zero-order valence-corrected chi connectivity index (χ0v) is 6.71. The summed E-state index contributed by atoms with van der Waals surface area (Å²) < 4.78 is 0. The Morgan fingerprint density at radius 3 is 3.09 bits per heavy atom. The molecule has 0 aliphatic carbocycles. The van der Waals surface area contributed by atoms with Crippen LogP contribution in [0, 0.1) is 6.54 Å². The SMILES string of the molecule is CC1CNCCN1[CH]C(N)=O. The predicted octanol–water partition coefficient (Wildman–Crippen LogP) is -1.07. The molecule has 1 heterocycles. The van der Waals surface area contributed by atoms with E-state index in [4.69, 9.17) is 5.73 Å². The average molecular weight is 156 g/mol. The standard InChI is InChI=1S/C7H14N3O/c1-6-4-9-2-3-10(6)5-7(8)11/h5-6,9H,2-4H2,1H3,(H2,8,11). The molecule has 1 aliphatic rings. The van der Waals surface area contributed by atoms with Crippen molar-refractivity contribution in [3.63, 3.8) is 0 Å². The van der Waals surface area contributed by atoms with Gasteiger partial charge in [-0.2, -0.15) is 0 Å². The minimum Gasteiger partial charge on any atom is -0.368 e. The number of hydrogen-bond donors (Lipinski definition) is 2. The number of piperazine rings is 1. The fourth-order valence-electron chi connectivity index (χ4n) is 1.21. The van der Waals surface area contributed by atoms with Gasteiger partial charge in [-0.3, -0.25) is 9.69 Å². The van der Waals surface area contributed by atoms with Gasteiger partial charge in [0.2, 0.25) is 5.91 Å². The van der Waals surface area contributed by atoms with Gasteiger partial charge in [-0.05, 0) is 6.92 Å². The van der Waals surface area contributed by atoms with E-state index in [1.807, 2.05) is 4.90 Å². The molecular formula is C7H14N3O. The molecule has 1 rings (SSSR count). The van der Waals surface area contributed by atoms with Crippen molar-refractivity contribution in [1.29, 1.82) is 0 Å². The van der Waals surface area contributed by atoms with Crippen LogP contribution in [-0.2, 0) is 4.79 Å². The van der Waals surface area contributed by atoms with Crippen LogP contribution >= 0.6 is 0 Å². The molecule has 0 spiro atoms. The van der Waals surface area contributed by atoms with Crippen molar-refractivity contribution in [3.8, 4) is 0 Å². The van der Waals surface area contributed by atoms with Crippen LogP contribution in [-0.4, -0.2) is 36.5 Å². The minimum absolute atomic E-state index is 0.362. The van der Waals surface area contributed by atoms with Gasteiger partial charge < -0.3 is 11.1 Å². The molecule has 0 aromatic heterocycles. The Bertz CT molecular complexity index is 149. The van der Waals surface area contributed by atoms with Crippen LogP contribution in [0.25, 0.3) is 0 Å². The summed E-state index contributed by atoms with van der Waals surface area (Å²) >= 11 is 0. The quantitative estimate of drug-likeness (QED) is 0.535. The summed E-state index contributed by atoms with van der Waals surface area (Å²) in [7, 11) is 0. The van der Waals surface area contributed by atoms with Crippen molar-refractivity contribution in [2.24, 2.45) is 5.73 Å². The monoisotopic (exact) mass is 156 g/mol. The van der Waals surface area contributed by atoms with Crippen molar-refractivity contribution in [1.82, 2.24) is 10.2 Å². The number of nitrogens with two attached hydrogens (primary N) is 1. The second-order valence-corrected chi connectivity index (χ2v) is 2.82. The second kappa shape index (κ2) is 3.69. The highest BCUT2D eigenvalue weighted by molar-refractivity contribution is 5.82. The van der Waals surface area contributed by atoms with E-state index in [0.717, 1.165) is 19.6 Å². The number of nitrogens with zero attached hydrogens (tertiary/aromatic N) is 1. The maximum Gasteiger partial charge on any atom is 0.236 e. The molecule has 3 N–H and O–H groups in total. The highest BCUT2D eigenvalue weighted by atomic mass is 16.1. The first-order valence-electron chi connectivity index (χ1n) is 3.81. The number of carbonyl (C=O) groups excluding carboxylic acids is 1. The molecular weight excluding hydrogens is 142 g/mol. The fourth-order valence-corrected chi connectivity index (χ4v) is 1.21. The number of primary amides is 1. The van der Waals surface area contributed by atoms with E-state index in [9.17, 15) is 4.79 Å². The molecule has 1 amide bonds. The van der Waals surface area contributed by atoms with E-state index in [1.165, 1.54) is 6.54 Å². The van der Waals surface area contributed by atoms with E-state index in [1.54, 1.807) is 0 Å². The van der Waals surface area contributed by atoms with Gasteiger partial charge in [0.1, 0.15) is 6.54 Å². The van der Waals surface area contributed by atoms with E-state index < -0.39 is 0 Å². The van der Waals surface area contributed by atoms with Crippen molar-refractivity contribution >= 4 is 5.91 Å². The fraction of sp³-hybridized carbons (Fsp3) is 0.714. The Kier molecular flexibility index (Phi) is 2.84. The van der Waals surface area contributed by atoms with E-state index in [-0.39, 0.29) is 5.91 Å². The molecule has 1 unspecified atom stereocenters. The Hall–Kier alpha value is -0.610. The molecule has 4 nitrogen and oxygen atoms in total. The molecule has 4 heteroatoms. The van der Waals surface area contributed by atoms with Crippen molar-refractivity contribution in [3.05, 3.63) is 6.54 Å². The summed E-state index contributed by atoms with van der Waals surface area (Å²) in [6.07, 6.45) is 0. The van der Waals surface area contributed by atoms with Crippen LogP contribution in [0.2, 0.25) is 0 Å². The van der Waals surface area contributed by atoms with Gasteiger partial charge in [0.25, 0.3) is 0 Å². The molecule has 0 aromatic carbocycles. The molecule has 1 aliphatic heterocycles. The Morgan fingerprint density at radius 1 is 1.82 bits per heavy atom. The summed E-state index contributed by atoms with van der Waals surface area (Å²) in [5, 5.41) is 3.22. The van der Waals surface area contributed by atoms with Gasteiger partial charge in [0, 0.05) is 25.7 Å². The van der Waals surface area contributed by atoms with Crippen molar-refractivity contribution in [2.45, 2.75) is 13.0 Å². The lowest BCUT2D eigenvalue weighted by atomic mass is 10.2. The first-order chi connectivity index (χ1) is 5.20. The molecule has 1 atom stereocenters. The molecule has 0 bridgehead atoms. The maximum atomic E-state index is 10.5. The number of amides is 1. The van der Waals surface area contributed by atoms with Crippen LogP contribution in [0.15, 0.2) is 0 Å². The first-order valence-corrected chi connectivity index (χ1v) is 3.81. The lowest BCUT2D eigenvalue weighted by molar-refractivity contribution is -0.116. The van der Waals surface area contributed by atoms with Gasteiger partial charge in [-0.25, -0.2) is 0 Å². The Balaban J connectivity index is 2.35. The summed E-state index contributed by atoms with van der Waals surface area (Å²) in [5.74, 6) is -0.362. The van der Waals surface area contributed by atoms with E-state index >= 15 is 0 Å². The number of hydrogen-bond acceptors (Lipinski definition) is 3. The molecule has 1 fully saturated rings. The third-order valence-corrected chi connectivity index (χ3v) is 1.85. The largest absolute Gasteiger partial charge is 0.368 e. The lowest BCUT2D eigenvalue weighted by Gasteiger charge is -2.32. The number of nitrogens with one attached hydrogen (secondary N) is 1. The average Bonchev–Trinajstić information content (AvgIpc) is 1.93. The van der Waals surface area contributed by atoms with Crippen LogP contribution < -0.4 is 11.1 Å².